The van der Waals surface area contributed by atoms with Crippen molar-refractivity contribution in [3.63, 3.8) is 0 Å². The Morgan fingerprint density at radius 1 is 1.38 bits per heavy atom. The number of pyridine rings is 1. The maximum Gasteiger partial charge on any atom is 0.251 e. The number of hydrogen-bond donors (Lipinski definition) is 5. The fourth-order valence-corrected chi connectivity index (χ4v) is 5.11. The summed E-state index contributed by atoms with van der Waals surface area (Å²) in [5, 5.41) is 26.2. The Kier molecular flexibility index (Phi) is 6.39. The van der Waals surface area contributed by atoms with Gasteiger partial charge in [-0.15, -0.1) is 0 Å². The largest absolute Gasteiger partial charge is 0.494 e. The van der Waals surface area contributed by atoms with Gasteiger partial charge < -0.3 is 30.9 Å². The first-order valence-electron chi connectivity index (χ1n) is 12.2. The maximum atomic E-state index is 13.2. The number of amides is 2. The van der Waals surface area contributed by atoms with Gasteiger partial charge in [-0.1, -0.05) is 0 Å². The van der Waals surface area contributed by atoms with Crippen LogP contribution in [-0.2, 0) is 25.3 Å². The topological polar surface area (TPSA) is 160 Å². The zero-order valence-electron chi connectivity index (χ0n) is 20.7. The number of ether oxygens (including phenoxy) is 2. The number of aromatic nitrogens is 1. The van der Waals surface area contributed by atoms with Crippen molar-refractivity contribution in [1.29, 1.82) is 5.41 Å². The summed E-state index contributed by atoms with van der Waals surface area (Å²) in [4.78, 5) is 30.0. The summed E-state index contributed by atoms with van der Waals surface area (Å²) in [6.45, 7) is 1.70. The van der Waals surface area contributed by atoms with Crippen LogP contribution >= 0.6 is 15.9 Å². The summed E-state index contributed by atoms with van der Waals surface area (Å²) in [7, 11) is 1.46. The van der Waals surface area contributed by atoms with E-state index in [2.05, 4.69) is 31.5 Å². The highest BCUT2D eigenvalue weighted by atomic mass is 79.9. The van der Waals surface area contributed by atoms with E-state index >= 15 is 0 Å². The molecule has 1 aromatic heterocycles. The van der Waals surface area contributed by atoms with Gasteiger partial charge in [-0.05, 0) is 72.7 Å². The number of nitrogens with two attached hydrogens (primary N) is 1. The number of fused-ring (bicyclic) bond motifs is 1. The van der Waals surface area contributed by atoms with Gasteiger partial charge >= 0.3 is 0 Å². The van der Waals surface area contributed by atoms with Gasteiger partial charge in [-0.25, -0.2) is 4.98 Å². The predicted molar refractivity (Wildman–Crippen MR) is 139 cm³/mol. The van der Waals surface area contributed by atoms with Gasteiger partial charge in [0.25, 0.3) is 5.91 Å². The van der Waals surface area contributed by atoms with Crippen molar-refractivity contribution in [2.45, 2.75) is 49.7 Å². The van der Waals surface area contributed by atoms with Crippen LogP contribution in [0.4, 0.5) is 0 Å². The number of carbonyl (C=O) groups is 2. The number of allylic oxidation sites excluding steroid dienone is 2. The Morgan fingerprint density at radius 2 is 2.11 bits per heavy atom. The summed E-state index contributed by atoms with van der Waals surface area (Å²) in [6.07, 6.45) is 8.60. The molecule has 2 fully saturated rings. The standard InChI is InChI=1S/C26H30BrN5O5/c1-25(24(29)34)12-37-21-17(25)9-19(32-22(21)27)26(35,15-3-4-15)11-31-23(33)13-7-14(10-30-16-5-6-16)20(28)18(8-13)36-2/h7-10,15-16,28,30,35H,3-6,11-12H2,1-2H3,(H2,29,34)(H,31,33)/b14-10-,28-20?/t25-,26?/m0/s1. The fraction of sp³-hybridized carbons (Fsp3) is 0.462. The molecule has 10 nitrogen and oxygen atoms in total. The van der Waals surface area contributed by atoms with E-state index in [0.29, 0.717) is 38.8 Å². The van der Waals surface area contributed by atoms with E-state index in [9.17, 15) is 14.7 Å². The smallest absolute Gasteiger partial charge is 0.251 e. The molecular weight excluding hydrogens is 542 g/mol. The molecule has 0 saturated heterocycles. The minimum Gasteiger partial charge on any atom is -0.494 e. The maximum absolute atomic E-state index is 13.2. The molecule has 1 unspecified atom stereocenters. The predicted octanol–water partition coefficient (Wildman–Crippen LogP) is 1.82. The van der Waals surface area contributed by atoms with Crippen molar-refractivity contribution in [3.05, 3.63) is 57.2 Å². The van der Waals surface area contributed by atoms with Crippen LogP contribution in [-0.4, -0.2) is 53.9 Å². The van der Waals surface area contributed by atoms with Gasteiger partial charge in [-0.3, -0.25) is 15.0 Å². The van der Waals surface area contributed by atoms with Crippen LogP contribution in [0, 0.1) is 11.3 Å². The lowest BCUT2D eigenvalue weighted by atomic mass is 9.82. The van der Waals surface area contributed by atoms with Gasteiger partial charge in [0, 0.05) is 29.0 Å². The molecule has 1 aromatic rings. The summed E-state index contributed by atoms with van der Waals surface area (Å²) >= 11 is 3.41. The van der Waals surface area contributed by atoms with Gasteiger partial charge in [0.15, 0.2) is 5.75 Å². The van der Waals surface area contributed by atoms with Gasteiger partial charge in [-0.2, -0.15) is 0 Å². The number of hydrogen-bond acceptors (Lipinski definition) is 8. The highest BCUT2D eigenvalue weighted by Crippen LogP contribution is 2.49. The number of halogens is 1. The van der Waals surface area contributed by atoms with Crippen LogP contribution in [0.5, 0.6) is 5.75 Å². The molecule has 4 aliphatic rings. The number of carbonyl (C=O) groups excluding carboxylic acids is 2. The molecule has 2 amide bonds. The number of primary amides is 1. The Morgan fingerprint density at radius 3 is 2.73 bits per heavy atom. The normalized spacial score (nSPS) is 25.4. The SMILES string of the molecule is COC1=CC(C(=O)NCC(O)(c2cc3c(c(Br)n2)OC[C@]3(C)C(N)=O)C2CC2)=C/C(=C/NC2CC2)C1=N. The second-order valence-corrected chi connectivity index (χ2v) is 11.0. The van der Waals surface area contributed by atoms with Crippen LogP contribution in [0.3, 0.4) is 0 Å². The van der Waals surface area contributed by atoms with E-state index < -0.39 is 22.8 Å². The van der Waals surface area contributed by atoms with E-state index in [1.165, 1.54) is 13.2 Å². The van der Waals surface area contributed by atoms with Crippen LogP contribution in [0.25, 0.3) is 0 Å². The third kappa shape index (κ3) is 4.66. The van der Waals surface area contributed by atoms with Crippen molar-refractivity contribution >= 4 is 33.5 Å². The molecule has 196 valence electrons. The molecule has 0 spiro atoms. The molecule has 37 heavy (non-hydrogen) atoms. The second kappa shape index (κ2) is 9.29. The van der Waals surface area contributed by atoms with E-state index in [1.54, 1.807) is 25.3 Å². The number of aliphatic hydroxyl groups is 1. The lowest BCUT2D eigenvalue weighted by molar-refractivity contribution is -0.123. The molecule has 3 aliphatic carbocycles. The zero-order chi connectivity index (χ0) is 26.5. The van der Waals surface area contributed by atoms with E-state index in [-0.39, 0.29) is 30.5 Å². The highest BCUT2D eigenvalue weighted by molar-refractivity contribution is 9.10. The fourth-order valence-electron chi connectivity index (χ4n) is 4.59. The van der Waals surface area contributed by atoms with Gasteiger partial charge in [0.2, 0.25) is 5.91 Å². The minimum atomic E-state index is -1.46. The monoisotopic (exact) mass is 571 g/mol. The van der Waals surface area contributed by atoms with Crippen molar-refractivity contribution in [1.82, 2.24) is 15.6 Å². The summed E-state index contributed by atoms with van der Waals surface area (Å²) in [5.74, 6) is -0.343. The number of nitrogens with one attached hydrogen (secondary N) is 3. The molecular formula is C26H30BrN5O5. The minimum absolute atomic E-state index is 0.0861. The first kappa shape index (κ1) is 25.5. The Hall–Kier alpha value is -3.18. The number of methoxy groups -OCH3 is 1. The molecule has 6 N–H and O–H groups in total. The Bertz CT molecular complexity index is 1280. The van der Waals surface area contributed by atoms with E-state index in [1.807, 2.05) is 0 Å². The zero-order valence-corrected chi connectivity index (χ0v) is 22.3. The Balaban J connectivity index is 1.40. The highest BCUT2D eigenvalue weighted by Gasteiger charge is 2.49. The third-order valence-corrected chi connectivity index (χ3v) is 7.99. The van der Waals surface area contributed by atoms with E-state index in [4.69, 9.17) is 20.6 Å². The third-order valence-electron chi connectivity index (χ3n) is 7.46. The molecule has 5 rings (SSSR count). The van der Waals surface area contributed by atoms with Crippen LogP contribution in [0.1, 0.15) is 43.9 Å². The average molecular weight is 572 g/mol. The first-order valence-corrected chi connectivity index (χ1v) is 13.0. The van der Waals surface area contributed by atoms with Crippen molar-refractivity contribution in [2.24, 2.45) is 11.7 Å². The first-order chi connectivity index (χ1) is 17.6. The van der Waals surface area contributed by atoms with Gasteiger partial charge in [0.1, 0.15) is 33.7 Å². The molecule has 0 bridgehead atoms. The van der Waals surface area contributed by atoms with Crippen LogP contribution in [0.15, 0.2) is 45.9 Å². The lowest BCUT2D eigenvalue weighted by Gasteiger charge is -2.30. The van der Waals surface area contributed by atoms with Crippen molar-refractivity contribution in [2.75, 3.05) is 20.3 Å². The molecule has 0 radical (unpaired) electrons. The van der Waals surface area contributed by atoms with Crippen LogP contribution < -0.4 is 21.1 Å². The van der Waals surface area contributed by atoms with E-state index in [0.717, 1.165) is 25.7 Å². The lowest BCUT2D eigenvalue weighted by Crippen LogP contribution is -2.44. The average Bonchev–Trinajstić information content (AvgIpc) is 3.80. The number of nitrogens with zero attached hydrogens (tertiary/aromatic N) is 1. The molecule has 1 aliphatic heterocycles. The summed E-state index contributed by atoms with van der Waals surface area (Å²) in [5.41, 5.74) is 5.09. The molecule has 2 saturated carbocycles. The van der Waals surface area contributed by atoms with Crippen molar-refractivity contribution in [3.8, 4) is 5.75 Å². The molecule has 2 atom stereocenters. The van der Waals surface area contributed by atoms with Crippen molar-refractivity contribution < 1.29 is 24.2 Å². The number of rotatable bonds is 9. The van der Waals surface area contributed by atoms with Crippen LogP contribution in [0.2, 0.25) is 0 Å². The summed E-state index contributed by atoms with van der Waals surface area (Å²) < 4.78 is 11.4. The second-order valence-electron chi connectivity index (χ2n) is 10.3. The summed E-state index contributed by atoms with van der Waals surface area (Å²) in [6, 6.07) is 2.06. The van der Waals surface area contributed by atoms with Gasteiger partial charge in [0.05, 0.1) is 19.3 Å². The molecule has 2 heterocycles. The Labute approximate surface area is 223 Å². The molecule has 11 heteroatoms. The quantitative estimate of drug-likeness (QED) is 0.282. The molecule has 0 aromatic carbocycles.